The van der Waals surface area contributed by atoms with Gasteiger partial charge in [-0.1, -0.05) is 51.9 Å². The van der Waals surface area contributed by atoms with Gasteiger partial charge in [-0.3, -0.25) is 51.4 Å². The topological polar surface area (TPSA) is 549 Å². The molecule has 524 valence electrons. The molecule has 3 unspecified atom stereocenters. The van der Waals surface area contributed by atoms with Gasteiger partial charge in [-0.25, -0.2) is 43.4 Å². The molecular formula is C53H78N20O20P2Si. The molecule has 1 aromatic carbocycles. The number of likely N-dealkylation sites (N-methyl/N-ethyl adjacent to an activating group) is 2. The van der Waals surface area contributed by atoms with Crippen molar-refractivity contribution in [3.05, 3.63) is 69.6 Å². The van der Waals surface area contributed by atoms with Crippen molar-refractivity contribution in [2.75, 3.05) is 63.7 Å². The van der Waals surface area contributed by atoms with Gasteiger partial charge < -0.3 is 81.4 Å². The number of nitrogens with two attached hydrogens (primary N) is 3. The van der Waals surface area contributed by atoms with E-state index >= 15 is 0 Å². The van der Waals surface area contributed by atoms with E-state index in [9.17, 15) is 52.5 Å². The summed E-state index contributed by atoms with van der Waals surface area (Å²) in [4.78, 5) is 143. The number of aromatic nitrogens is 8. The van der Waals surface area contributed by atoms with Crippen LogP contribution >= 0.6 is 15.6 Å². The normalized spacial score (nSPS) is 25.2. The number of carbonyl (C=O) groups excluding carboxylic acids is 6. The Balaban J connectivity index is 0.956. The number of phosphoric ester groups is 2. The Bertz CT molecular complexity index is 3890. The first-order valence-electron chi connectivity index (χ1n) is 29.9. The number of H-pyrrole nitrogens is 1. The number of phosphoric acid groups is 2. The van der Waals surface area contributed by atoms with Crippen LogP contribution in [0.1, 0.15) is 72.4 Å². The molecule has 0 bridgehead atoms. The van der Waals surface area contributed by atoms with Crippen molar-refractivity contribution in [3.8, 4) is 0 Å². The molecular weight excluding hydrogens is 1330 g/mol. The maximum absolute atomic E-state index is 14.6. The van der Waals surface area contributed by atoms with Gasteiger partial charge in [-0.05, 0) is 67.0 Å². The summed E-state index contributed by atoms with van der Waals surface area (Å²) in [5.74, 6) is -2.85. The lowest BCUT2D eigenvalue weighted by molar-refractivity contribution is -0.131. The van der Waals surface area contributed by atoms with Crippen LogP contribution in [0.25, 0.3) is 32.8 Å². The predicted molar refractivity (Wildman–Crippen MR) is 338 cm³/mol. The van der Waals surface area contributed by atoms with Crippen LogP contribution in [0.5, 0.6) is 0 Å². The zero-order valence-electron chi connectivity index (χ0n) is 53.9. The number of urea groups is 1. The molecule has 96 heavy (non-hydrogen) atoms. The van der Waals surface area contributed by atoms with E-state index in [-0.39, 0.29) is 78.9 Å². The van der Waals surface area contributed by atoms with Crippen molar-refractivity contribution in [2.45, 2.75) is 146 Å². The van der Waals surface area contributed by atoms with E-state index in [1.54, 1.807) is 26.0 Å². The minimum Gasteiger partial charge on any atom is -0.445 e. The Morgan fingerprint density at radius 1 is 0.875 bits per heavy atom. The predicted octanol–water partition coefficient (Wildman–Crippen LogP) is 2.74. The summed E-state index contributed by atoms with van der Waals surface area (Å²) in [5, 5.41) is 13.0. The average Bonchev–Trinajstić information content (AvgIpc) is 1.59. The monoisotopic (exact) mass is 1400 g/mol. The summed E-state index contributed by atoms with van der Waals surface area (Å²) >= 11 is 0. The summed E-state index contributed by atoms with van der Waals surface area (Å²) in [5.41, 5.74) is 25.7. The van der Waals surface area contributed by atoms with Gasteiger partial charge in [0.25, 0.3) is 5.56 Å². The van der Waals surface area contributed by atoms with Gasteiger partial charge in [0.15, 0.2) is 49.5 Å². The summed E-state index contributed by atoms with van der Waals surface area (Å²) < 4.78 is 86.3. The minimum absolute atomic E-state index is 0.0315. The quantitative estimate of drug-likeness (QED) is 0.0119. The highest BCUT2D eigenvalue weighted by Gasteiger charge is 2.59. The molecule has 13 N–H and O–H groups in total. The van der Waals surface area contributed by atoms with Crippen LogP contribution in [0.4, 0.5) is 31.8 Å². The van der Waals surface area contributed by atoms with E-state index in [0.29, 0.717) is 5.56 Å². The number of amides is 7. The number of benzene rings is 1. The van der Waals surface area contributed by atoms with Gasteiger partial charge in [-0.2, -0.15) is 4.98 Å². The second-order valence-corrected chi connectivity index (χ2v) is 32.1. The largest absolute Gasteiger partial charge is 0.472 e. The van der Waals surface area contributed by atoms with Crippen LogP contribution in [-0.2, 0) is 71.6 Å². The van der Waals surface area contributed by atoms with Crippen LogP contribution in [0, 0.1) is 5.92 Å². The zero-order valence-corrected chi connectivity index (χ0v) is 56.7. The number of hydrogen-bond acceptors (Lipinski definition) is 26. The van der Waals surface area contributed by atoms with Gasteiger partial charge in [0, 0.05) is 44.3 Å². The molecule has 7 amide bonds. The Labute approximate surface area is 548 Å². The van der Waals surface area contributed by atoms with Crippen LogP contribution < -0.4 is 44.0 Å². The number of nitrogens with one attached hydrogen (secondary N) is 5. The number of aromatic amines is 1. The third-order valence-corrected chi connectivity index (χ3v) is 22.7. The Hall–Kier alpha value is -8.43. The molecule has 7 heterocycles. The number of ether oxygens (including phenoxy) is 4. The molecule has 5 aromatic rings. The lowest BCUT2D eigenvalue weighted by Crippen LogP contribution is -2.55. The molecule has 3 aliphatic rings. The van der Waals surface area contributed by atoms with E-state index < -0.39 is 157 Å². The second kappa shape index (κ2) is 30.3. The summed E-state index contributed by atoms with van der Waals surface area (Å²) in [6.07, 6.45) is -12.7. The van der Waals surface area contributed by atoms with Crippen LogP contribution in [0.15, 0.2) is 53.2 Å². The van der Waals surface area contributed by atoms with Crippen molar-refractivity contribution in [1.82, 2.24) is 64.8 Å². The highest BCUT2D eigenvalue weighted by Crippen LogP contribution is 2.56. The third kappa shape index (κ3) is 17.8. The standard InChI is InChI=1S/C53H78N20O20P2Si/c1-26(2)33(66-32(74)20-63-69-57)45(76)65-30(12-11-17-58-50(56)78)44(75)64-29-15-13-28(14-16-29)21-85-51(79)70(7)18-19-71(8)52(80)89-39-38-36(88-47(39)73-25-62-35-43(73)67-49(55)68-46(35)77)27(3)90-95(83,84)91-37-31(22-86-94(81,82)92-38)87-48(40(37)93-96(9,10)53(4,5)6)72-24-61-34-41(54)59-23-60-42(34)72/h13-16,23-27,30-31,33,36-40,47-48H,11-12,17-22H2,1-10H3,(H,64,75)(H,65,76)(H,66,74)(H,81,82)(H,83,84)(H2,54,59,60)(H3,56,58,78)(H3,55,67,68,77)/t27-,30-,31+,33-,36+,37+,38+,39+,40?,47+,48+/m0/s1. The lowest BCUT2D eigenvalue weighted by Gasteiger charge is -2.40. The summed E-state index contributed by atoms with van der Waals surface area (Å²) in [7, 11) is -11.0. The fourth-order valence-corrected chi connectivity index (χ4v) is 13.5. The van der Waals surface area contributed by atoms with Crippen LogP contribution in [-0.4, -0.2) is 205 Å². The molecule has 8 rings (SSSR count). The van der Waals surface area contributed by atoms with Crippen molar-refractivity contribution < 1.29 is 89.2 Å². The number of rotatable bonds is 22. The van der Waals surface area contributed by atoms with Gasteiger partial charge in [-0.15, -0.1) is 0 Å². The number of hydrogen-bond donors (Lipinski definition) is 10. The first-order valence-corrected chi connectivity index (χ1v) is 35.8. The van der Waals surface area contributed by atoms with Crippen molar-refractivity contribution in [3.63, 3.8) is 0 Å². The zero-order chi connectivity index (χ0) is 70.4. The fourth-order valence-electron chi connectivity index (χ4n) is 10.1. The number of carbonyl (C=O) groups is 6. The summed E-state index contributed by atoms with van der Waals surface area (Å²) in [6, 6.07) is 3.06. The Kier molecular flexibility index (Phi) is 23.2. The SMILES string of the molecule is CC(C)[C@H](NC(=O)CN=[N+]=[N-])C(=O)N[C@@H](CCCNC(N)=O)C(=O)Nc1ccc(COC(=O)N(C)CCN(C)C(=O)O[C@@H]2[C@@H]3OP(=O)(O)OC[C@H]4O[C@@H](n5cnc6c(N)ncnc65)C(O[Si](C)(C)C(C)(C)C)[C@@H]4OP(=O)(O)O[C@@H](C)[C@H]3O[C@H]2n2cnc3c(=O)[nH]c(N)nc32)cc1. The summed E-state index contributed by atoms with van der Waals surface area (Å²) in [6.45, 7) is 12.2. The molecule has 0 aliphatic carbocycles. The number of anilines is 3. The van der Waals surface area contributed by atoms with E-state index in [0.717, 1.165) is 20.7 Å². The molecule has 3 saturated heterocycles. The molecule has 0 radical (unpaired) electrons. The Morgan fingerprint density at radius 3 is 2.18 bits per heavy atom. The number of nitrogens with zero attached hydrogens (tertiary/aromatic N) is 12. The maximum Gasteiger partial charge on any atom is 0.472 e. The van der Waals surface area contributed by atoms with E-state index in [1.165, 1.54) is 50.4 Å². The van der Waals surface area contributed by atoms with Gasteiger partial charge in [0.1, 0.15) is 67.6 Å². The number of nitrogen functional groups attached to an aromatic ring is 2. The highest BCUT2D eigenvalue weighted by atomic mass is 31.2. The molecule has 43 heteroatoms. The van der Waals surface area contributed by atoms with Crippen LogP contribution in [0.3, 0.4) is 0 Å². The molecule has 0 saturated carbocycles. The van der Waals surface area contributed by atoms with Crippen molar-refractivity contribution >= 4 is 99.7 Å². The smallest absolute Gasteiger partial charge is 0.445 e. The fraction of sp³-hybridized carbons (Fsp3) is 0.585. The van der Waals surface area contributed by atoms with E-state index in [4.69, 9.17) is 64.2 Å². The molecule has 3 fully saturated rings. The molecule has 13 atom stereocenters. The first-order chi connectivity index (χ1) is 45.1. The molecule has 3 aliphatic heterocycles. The number of imidazole rings is 2. The van der Waals surface area contributed by atoms with Crippen LogP contribution in [0.2, 0.25) is 18.1 Å². The van der Waals surface area contributed by atoms with E-state index in [2.05, 4.69) is 61.2 Å². The van der Waals surface area contributed by atoms with Gasteiger partial charge >= 0.3 is 33.9 Å². The number of primary amides is 1. The first kappa shape index (κ1) is 73.4. The lowest BCUT2D eigenvalue weighted by atomic mass is 10.0. The van der Waals surface area contributed by atoms with E-state index in [1.807, 2.05) is 33.9 Å². The molecule has 40 nitrogen and oxygen atoms in total. The minimum atomic E-state index is -5.43. The van der Waals surface area contributed by atoms with Crippen molar-refractivity contribution in [1.29, 1.82) is 0 Å². The molecule has 0 spiro atoms. The average molecular weight is 1410 g/mol. The Morgan fingerprint density at radius 2 is 1.52 bits per heavy atom. The molecule has 4 aromatic heterocycles. The second-order valence-electron chi connectivity index (χ2n) is 24.5. The van der Waals surface area contributed by atoms with Gasteiger partial charge in [0.2, 0.25) is 23.7 Å². The maximum atomic E-state index is 14.6. The third-order valence-electron chi connectivity index (χ3n) is 16.2. The van der Waals surface area contributed by atoms with Gasteiger partial charge in [0.05, 0.1) is 25.4 Å². The number of fused-ring (bicyclic) bond motifs is 4. The van der Waals surface area contributed by atoms with Crippen molar-refractivity contribution in [2.24, 2.45) is 16.8 Å². The highest BCUT2D eigenvalue weighted by molar-refractivity contribution is 7.47. The number of azide groups is 1.